The zero-order chi connectivity index (χ0) is 22.4. The molecule has 0 aliphatic carbocycles. The van der Waals surface area contributed by atoms with Gasteiger partial charge in [-0.3, -0.25) is 4.79 Å². The number of carbonyl (C=O) groups excluding carboxylic acids is 1. The van der Waals surface area contributed by atoms with Crippen LogP contribution in [-0.2, 0) is 19.4 Å². The first-order valence-corrected chi connectivity index (χ1v) is 11.0. The van der Waals surface area contributed by atoms with Gasteiger partial charge in [-0.25, -0.2) is 23.4 Å². The van der Waals surface area contributed by atoms with Crippen LogP contribution in [0.2, 0.25) is 0 Å². The molecule has 0 radical (unpaired) electrons. The quantitative estimate of drug-likeness (QED) is 0.420. The van der Waals surface area contributed by atoms with Gasteiger partial charge >= 0.3 is 0 Å². The van der Waals surface area contributed by atoms with E-state index in [-0.39, 0.29) is 23.4 Å². The Morgan fingerprint density at radius 1 is 1.16 bits per heavy atom. The van der Waals surface area contributed by atoms with Gasteiger partial charge in [0.1, 0.15) is 24.0 Å². The van der Waals surface area contributed by atoms with Crippen molar-refractivity contribution in [2.24, 2.45) is 0 Å². The highest BCUT2D eigenvalue weighted by molar-refractivity contribution is 7.90. The topological polar surface area (TPSA) is 148 Å². The number of carbonyl (C=O) groups is 1. The van der Waals surface area contributed by atoms with Crippen LogP contribution < -0.4 is 15.4 Å². The molecule has 0 atom stereocenters. The molecule has 11 nitrogen and oxygen atoms in total. The fourth-order valence-electron chi connectivity index (χ4n) is 2.62. The number of hydrogen-bond donors (Lipinski definition) is 3. The molecule has 12 heteroatoms. The molecular formula is C19H22N6O5S. The molecule has 0 saturated heterocycles. The van der Waals surface area contributed by atoms with Crippen LogP contribution in [0.3, 0.4) is 0 Å². The average Bonchev–Trinajstić information content (AvgIpc) is 3.22. The Morgan fingerprint density at radius 3 is 2.61 bits per heavy atom. The predicted octanol–water partition coefficient (Wildman–Crippen LogP) is 2.00. The lowest BCUT2D eigenvalue weighted by molar-refractivity contribution is -0.114. The first-order chi connectivity index (χ1) is 14.8. The Hall–Kier alpha value is -3.51. The highest BCUT2D eigenvalue weighted by Gasteiger charge is 2.16. The number of anilines is 3. The predicted molar refractivity (Wildman–Crippen MR) is 114 cm³/mol. The average molecular weight is 446 g/mol. The molecule has 0 aliphatic rings. The number of H-pyrrole nitrogens is 1. The van der Waals surface area contributed by atoms with Crippen molar-refractivity contribution in [3.63, 3.8) is 0 Å². The van der Waals surface area contributed by atoms with Gasteiger partial charge in [0.05, 0.1) is 24.3 Å². The van der Waals surface area contributed by atoms with E-state index in [4.69, 9.17) is 9.47 Å². The van der Waals surface area contributed by atoms with Crippen molar-refractivity contribution in [2.45, 2.75) is 11.9 Å². The third kappa shape index (κ3) is 5.99. The van der Waals surface area contributed by atoms with Crippen LogP contribution in [0, 0.1) is 0 Å². The summed E-state index contributed by atoms with van der Waals surface area (Å²) in [6.07, 6.45) is 5.81. The number of methoxy groups -OCH3 is 1. The van der Waals surface area contributed by atoms with Gasteiger partial charge in [0.15, 0.2) is 14.9 Å². The Labute approximate surface area is 179 Å². The third-order valence-corrected chi connectivity index (χ3v) is 4.93. The number of ether oxygens (including phenoxy) is 2. The molecule has 3 heterocycles. The molecule has 3 rings (SSSR count). The number of aromatic nitrogens is 4. The summed E-state index contributed by atoms with van der Waals surface area (Å²) in [5.41, 5.74) is 1.72. The molecule has 0 bridgehead atoms. The largest absolute Gasteiger partial charge is 0.491 e. The summed E-state index contributed by atoms with van der Waals surface area (Å²) in [7, 11) is -2.06. The van der Waals surface area contributed by atoms with Gasteiger partial charge in [0.25, 0.3) is 0 Å². The monoisotopic (exact) mass is 446 g/mol. The van der Waals surface area contributed by atoms with E-state index >= 15 is 0 Å². The summed E-state index contributed by atoms with van der Waals surface area (Å²) < 4.78 is 34.8. The lowest BCUT2D eigenvalue weighted by Gasteiger charge is -2.14. The summed E-state index contributed by atoms with van der Waals surface area (Å²) in [5.74, 6) is 0.571. The van der Waals surface area contributed by atoms with Crippen LogP contribution in [0.5, 0.6) is 5.75 Å². The van der Waals surface area contributed by atoms with E-state index in [0.717, 1.165) is 6.26 Å². The molecule has 3 N–H and O–H groups in total. The molecule has 31 heavy (non-hydrogen) atoms. The molecule has 164 valence electrons. The summed E-state index contributed by atoms with van der Waals surface area (Å²) in [6.45, 7) is 1.95. The lowest BCUT2D eigenvalue weighted by atomic mass is 10.1. The Balaban J connectivity index is 2.03. The van der Waals surface area contributed by atoms with Gasteiger partial charge in [-0.2, -0.15) is 0 Å². The molecule has 0 spiro atoms. The van der Waals surface area contributed by atoms with E-state index < -0.39 is 9.84 Å². The minimum atomic E-state index is -3.60. The molecule has 0 unspecified atom stereocenters. The van der Waals surface area contributed by atoms with Crippen molar-refractivity contribution < 1.29 is 22.7 Å². The van der Waals surface area contributed by atoms with E-state index in [2.05, 4.69) is 30.6 Å². The van der Waals surface area contributed by atoms with Gasteiger partial charge in [-0.1, -0.05) is 0 Å². The molecule has 0 aromatic carbocycles. The van der Waals surface area contributed by atoms with E-state index in [1.807, 2.05) is 0 Å². The fourth-order valence-corrected chi connectivity index (χ4v) is 3.21. The molecule has 3 aromatic rings. The van der Waals surface area contributed by atoms with Crippen molar-refractivity contribution in [2.75, 3.05) is 37.2 Å². The number of hydrogen-bond acceptors (Lipinski definition) is 9. The van der Waals surface area contributed by atoms with Crippen molar-refractivity contribution in [3.8, 4) is 17.0 Å². The minimum absolute atomic E-state index is 0.151. The van der Waals surface area contributed by atoms with Crippen LogP contribution in [0.15, 0.2) is 41.9 Å². The Bertz CT molecular complexity index is 1160. The summed E-state index contributed by atoms with van der Waals surface area (Å²) >= 11 is 0. The maximum atomic E-state index is 12.1. The van der Waals surface area contributed by atoms with Crippen LogP contribution in [0.1, 0.15) is 6.92 Å². The highest BCUT2D eigenvalue weighted by atomic mass is 32.2. The van der Waals surface area contributed by atoms with Crippen LogP contribution in [-0.4, -0.2) is 60.8 Å². The van der Waals surface area contributed by atoms with Gasteiger partial charge in [-0.05, 0) is 0 Å². The van der Waals surface area contributed by atoms with Gasteiger partial charge in [0, 0.05) is 56.4 Å². The van der Waals surface area contributed by atoms with Gasteiger partial charge in [0.2, 0.25) is 5.91 Å². The number of nitrogens with one attached hydrogen (secondary N) is 3. The molecule has 0 fully saturated rings. The number of pyridine rings is 2. The van der Waals surface area contributed by atoms with E-state index in [0.29, 0.717) is 35.1 Å². The van der Waals surface area contributed by atoms with Gasteiger partial charge in [-0.15, -0.1) is 0 Å². The maximum absolute atomic E-state index is 12.1. The van der Waals surface area contributed by atoms with Crippen LogP contribution in [0.25, 0.3) is 11.3 Å². The second kappa shape index (κ2) is 9.53. The van der Waals surface area contributed by atoms with Crippen LogP contribution in [0.4, 0.5) is 17.3 Å². The normalized spacial score (nSPS) is 11.2. The standard InChI is InChI=1S/C19H22N6O5S/c1-12(26)23-17-8-15(14(9-21-17)16-10-20-11-22-16)24-18-6-13(30-5-4-29-2)7-19(25-18)31(3,27)28/h6-11H,4-5H2,1-3H3,(H,20,22)(H2,21,23,24,25,26). The zero-order valence-electron chi connectivity index (χ0n) is 17.2. The van der Waals surface area contributed by atoms with Gasteiger partial charge < -0.3 is 25.1 Å². The van der Waals surface area contributed by atoms with Crippen molar-refractivity contribution in [3.05, 3.63) is 36.9 Å². The summed E-state index contributed by atoms with van der Waals surface area (Å²) in [4.78, 5) is 26.9. The Kier molecular flexibility index (Phi) is 6.82. The third-order valence-electron chi connectivity index (χ3n) is 3.96. The number of rotatable bonds is 9. The van der Waals surface area contributed by atoms with Crippen molar-refractivity contribution >= 4 is 33.1 Å². The molecule has 0 saturated carbocycles. The number of nitrogens with zero attached hydrogens (tertiary/aromatic N) is 3. The smallest absolute Gasteiger partial charge is 0.222 e. The molecule has 1 amide bonds. The number of aromatic amines is 1. The molecular weight excluding hydrogens is 424 g/mol. The fraction of sp³-hybridized carbons (Fsp3) is 0.263. The van der Waals surface area contributed by atoms with E-state index in [9.17, 15) is 13.2 Å². The van der Waals surface area contributed by atoms with Crippen molar-refractivity contribution in [1.29, 1.82) is 0 Å². The second-order valence-corrected chi connectivity index (χ2v) is 8.48. The van der Waals surface area contributed by atoms with Crippen molar-refractivity contribution in [1.82, 2.24) is 19.9 Å². The highest BCUT2D eigenvalue weighted by Crippen LogP contribution is 2.31. The second-order valence-electron chi connectivity index (χ2n) is 6.52. The Morgan fingerprint density at radius 2 is 1.97 bits per heavy atom. The SMILES string of the molecule is COCCOc1cc(Nc2cc(NC(C)=O)ncc2-c2c[nH]cn2)nc(S(C)(=O)=O)c1. The minimum Gasteiger partial charge on any atom is -0.491 e. The van der Waals surface area contributed by atoms with E-state index in [1.54, 1.807) is 24.5 Å². The lowest BCUT2D eigenvalue weighted by Crippen LogP contribution is -2.09. The summed E-state index contributed by atoms with van der Waals surface area (Å²) in [5, 5.41) is 5.55. The number of amides is 1. The molecule has 0 aliphatic heterocycles. The van der Waals surface area contributed by atoms with E-state index in [1.165, 1.54) is 26.4 Å². The first kappa shape index (κ1) is 22.2. The number of imidazole rings is 1. The number of sulfone groups is 1. The maximum Gasteiger partial charge on any atom is 0.222 e. The first-order valence-electron chi connectivity index (χ1n) is 9.14. The van der Waals surface area contributed by atoms with Crippen LogP contribution >= 0.6 is 0 Å². The molecule has 3 aromatic heterocycles. The zero-order valence-corrected chi connectivity index (χ0v) is 18.0. The summed E-state index contributed by atoms with van der Waals surface area (Å²) in [6, 6.07) is 4.52.